The number of rotatable bonds is 9. The molecule has 1 aliphatic rings. The van der Waals surface area contributed by atoms with Gasteiger partial charge in [0.2, 0.25) is 11.8 Å². The lowest BCUT2D eigenvalue weighted by molar-refractivity contribution is -0.160. The first-order valence-electron chi connectivity index (χ1n) is 13.5. The highest BCUT2D eigenvalue weighted by atomic mass is 19.4. The van der Waals surface area contributed by atoms with Gasteiger partial charge in [0, 0.05) is 31.5 Å². The minimum atomic E-state index is -4.65. The lowest BCUT2D eigenvalue weighted by Crippen LogP contribution is -2.50. The SMILES string of the molecule is CC1CCC(C(NC(=O)c2ccnn2C(C)C)C(=O)Nc2cc(=O)n([C@H](C)C(=O)N(C)CC(F)(F)F)cc2F)CC1. The molecule has 0 spiro atoms. The fourth-order valence-electron chi connectivity index (χ4n) is 5.05. The minimum Gasteiger partial charge on any atom is -0.339 e. The lowest BCUT2D eigenvalue weighted by atomic mass is 9.79. The van der Waals surface area contributed by atoms with Gasteiger partial charge in [-0.3, -0.25) is 23.9 Å². The first-order chi connectivity index (χ1) is 19.1. The maximum Gasteiger partial charge on any atom is 0.406 e. The highest BCUT2D eigenvalue weighted by Gasteiger charge is 2.35. The summed E-state index contributed by atoms with van der Waals surface area (Å²) in [5, 5.41) is 9.31. The van der Waals surface area contributed by atoms with E-state index in [1.807, 2.05) is 13.8 Å². The second kappa shape index (κ2) is 12.9. The molecule has 1 unspecified atom stereocenters. The Hall–Kier alpha value is -3.71. The second-order valence-corrected chi connectivity index (χ2v) is 11.0. The summed E-state index contributed by atoms with van der Waals surface area (Å²) < 4.78 is 55.3. The molecule has 0 saturated heterocycles. The van der Waals surface area contributed by atoms with Gasteiger partial charge >= 0.3 is 6.18 Å². The third-order valence-corrected chi connectivity index (χ3v) is 7.35. The van der Waals surface area contributed by atoms with Crippen molar-refractivity contribution >= 4 is 23.4 Å². The van der Waals surface area contributed by atoms with E-state index in [2.05, 4.69) is 22.7 Å². The number of pyridine rings is 1. The Bertz CT molecular complexity index is 1310. The average molecular weight is 585 g/mol. The monoisotopic (exact) mass is 584 g/mol. The van der Waals surface area contributed by atoms with E-state index in [0.717, 1.165) is 26.0 Å². The zero-order valence-corrected chi connectivity index (χ0v) is 23.7. The van der Waals surface area contributed by atoms with Gasteiger partial charge in [-0.1, -0.05) is 19.8 Å². The number of halogens is 4. The fraction of sp³-hybridized carbons (Fsp3) is 0.593. The molecule has 1 aliphatic carbocycles. The average Bonchev–Trinajstić information content (AvgIpc) is 3.38. The molecule has 1 saturated carbocycles. The molecule has 2 aromatic rings. The van der Waals surface area contributed by atoms with E-state index in [4.69, 9.17) is 0 Å². The van der Waals surface area contributed by atoms with Crippen LogP contribution in [-0.2, 0) is 9.59 Å². The molecule has 0 bridgehead atoms. The molecular weight excluding hydrogens is 548 g/mol. The smallest absolute Gasteiger partial charge is 0.339 e. The van der Waals surface area contributed by atoms with Crippen LogP contribution in [0.15, 0.2) is 29.3 Å². The van der Waals surface area contributed by atoms with E-state index in [0.29, 0.717) is 34.4 Å². The van der Waals surface area contributed by atoms with Crippen LogP contribution in [0.25, 0.3) is 0 Å². The molecule has 2 N–H and O–H groups in total. The summed E-state index contributed by atoms with van der Waals surface area (Å²) in [6.45, 7) is 5.44. The van der Waals surface area contributed by atoms with Crippen LogP contribution in [0.4, 0.5) is 23.2 Å². The van der Waals surface area contributed by atoms with E-state index in [1.165, 1.54) is 23.9 Å². The second-order valence-electron chi connectivity index (χ2n) is 11.0. The molecule has 1 fully saturated rings. The molecule has 2 aromatic heterocycles. The summed E-state index contributed by atoms with van der Waals surface area (Å²) in [5.74, 6) is -3.15. The van der Waals surface area contributed by atoms with Gasteiger partial charge in [-0.25, -0.2) is 4.39 Å². The van der Waals surface area contributed by atoms with Gasteiger partial charge in [0.1, 0.15) is 24.3 Å². The zero-order valence-electron chi connectivity index (χ0n) is 23.7. The number of anilines is 1. The first-order valence-corrected chi connectivity index (χ1v) is 13.5. The summed E-state index contributed by atoms with van der Waals surface area (Å²) in [6.07, 6.45) is 0.477. The maximum absolute atomic E-state index is 15.1. The van der Waals surface area contributed by atoms with Gasteiger partial charge < -0.3 is 20.1 Å². The first kappa shape index (κ1) is 31.8. The Morgan fingerprint density at radius 2 is 1.78 bits per heavy atom. The predicted molar refractivity (Wildman–Crippen MR) is 143 cm³/mol. The Morgan fingerprint density at radius 3 is 2.37 bits per heavy atom. The van der Waals surface area contributed by atoms with Crippen molar-refractivity contribution in [1.29, 1.82) is 0 Å². The number of nitrogens with zero attached hydrogens (tertiary/aromatic N) is 4. The van der Waals surface area contributed by atoms with Crippen LogP contribution in [0.2, 0.25) is 0 Å². The standard InChI is InChI=1S/C27H36F4N6O4/c1-15(2)37-21(10-11-32-37)24(39)34-23(18-8-6-16(3)7-9-18)25(40)33-20-12-22(38)36(13-19(20)28)17(4)26(41)35(5)14-27(29,30)31/h10-13,15-18,23H,6-9,14H2,1-5H3,(H,33,40)(H,34,39)/t16?,17-,18?,23?/m1/s1. The maximum atomic E-state index is 15.1. The van der Waals surface area contributed by atoms with Crippen molar-refractivity contribution in [3.05, 3.63) is 46.4 Å². The Labute approximate surface area is 235 Å². The van der Waals surface area contributed by atoms with Crippen LogP contribution in [0, 0.1) is 17.7 Å². The molecule has 3 rings (SSSR count). The van der Waals surface area contributed by atoms with Gasteiger partial charge in [-0.05, 0) is 51.5 Å². The fourth-order valence-corrected chi connectivity index (χ4v) is 5.05. The van der Waals surface area contributed by atoms with Crippen molar-refractivity contribution in [1.82, 2.24) is 24.6 Å². The highest BCUT2D eigenvalue weighted by molar-refractivity contribution is 6.00. The number of nitrogens with one attached hydrogen (secondary N) is 2. The number of likely N-dealkylation sites (N-methyl/N-ethyl adjacent to an activating group) is 1. The molecule has 0 aliphatic heterocycles. The van der Waals surface area contributed by atoms with Gasteiger partial charge in [-0.2, -0.15) is 18.3 Å². The quantitative estimate of drug-likeness (QED) is 0.434. The van der Waals surface area contributed by atoms with Gasteiger partial charge in [0.05, 0.1) is 5.69 Å². The number of aromatic nitrogens is 3. The third-order valence-electron chi connectivity index (χ3n) is 7.35. The van der Waals surface area contributed by atoms with E-state index in [-0.39, 0.29) is 17.7 Å². The number of alkyl halides is 3. The largest absolute Gasteiger partial charge is 0.406 e. The van der Waals surface area contributed by atoms with Crippen molar-refractivity contribution in [2.24, 2.45) is 11.8 Å². The molecule has 2 atom stereocenters. The zero-order chi connectivity index (χ0) is 30.6. The van der Waals surface area contributed by atoms with Crippen molar-refractivity contribution < 1.29 is 31.9 Å². The van der Waals surface area contributed by atoms with Crippen LogP contribution < -0.4 is 16.2 Å². The summed E-state index contributed by atoms with van der Waals surface area (Å²) in [4.78, 5) is 52.2. The van der Waals surface area contributed by atoms with Crippen LogP contribution >= 0.6 is 0 Å². The summed E-state index contributed by atoms with van der Waals surface area (Å²) >= 11 is 0. The van der Waals surface area contributed by atoms with Crippen LogP contribution in [-0.4, -0.2) is 62.8 Å². The molecule has 2 heterocycles. The molecule has 0 aromatic carbocycles. The molecular formula is C27H36F4N6O4. The molecule has 3 amide bonds. The van der Waals surface area contributed by atoms with Gasteiger partial charge in [0.15, 0.2) is 5.82 Å². The Balaban J connectivity index is 1.83. The van der Waals surface area contributed by atoms with Crippen LogP contribution in [0.3, 0.4) is 0 Å². The third kappa shape index (κ3) is 7.94. The molecule has 0 radical (unpaired) electrons. The van der Waals surface area contributed by atoms with Crippen LogP contribution in [0.5, 0.6) is 0 Å². The van der Waals surface area contributed by atoms with Crippen molar-refractivity contribution in [3.8, 4) is 0 Å². The summed E-state index contributed by atoms with van der Waals surface area (Å²) in [5.41, 5.74) is -1.13. The van der Waals surface area contributed by atoms with Gasteiger partial charge in [-0.15, -0.1) is 0 Å². The number of hydrogen-bond donors (Lipinski definition) is 2. The van der Waals surface area contributed by atoms with Crippen LogP contribution in [0.1, 0.15) is 76.0 Å². The van der Waals surface area contributed by atoms with Gasteiger partial charge in [0.25, 0.3) is 11.5 Å². The normalized spacial score (nSPS) is 19.0. The summed E-state index contributed by atoms with van der Waals surface area (Å²) in [7, 11) is 0.927. The van der Waals surface area contributed by atoms with E-state index in [1.54, 1.807) is 0 Å². The topological polar surface area (TPSA) is 118 Å². The van der Waals surface area contributed by atoms with Crippen molar-refractivity contribution in [2.45, 2.75) is 77.7 Å². The highest BCUT2D eigenvalue weighted by Crippen LogP contribution is 2.31. The van der Waals surface area contributed by atoms with Crippen molar-refractivity contribution in [2.75, 3.05) is 18.9 Å². The predicted octanol–water partition coefficient (Wildman–Crippen LogP) is 3.91. The Morgan fingerprint density at radius 1 is 1.15 bits per heavy atom. The molecule has 14 heteroatoms. The molecule has 41 heavy (non-hydrogen) atoms. The van der Waals surface area contributed by atoms with E-state index < -0.39 is 59.6 Å². The Kier molecular flexibility index (Phi) is 9.98. The molecule has 226 valence electrons. The van der Waals surface area contributed by atoms with Crippen molar-refractivity contribution in [3.63, 3.8) is 0 Å². The number of carbonyl (C=O) groups excluding carboxylic acids is 3. The van der Waals surface area contributed by atoms with E-state index >= 15 is 4.39 Å². The molecule has 10 nitrogen and oxygen atoms in total. The number of amides is 3. The number of carbonyl (C=O) groups is 3. The number of hydrogen-bond acceptors (Lipinski definition) is 5. The van der Waals surface area contributed by atoms with E-state index in [9.17, 15) is 32.3 Å². The lowest BCUT2D eigenvalue weighted by Gasteiger charge is -2.32. The summed E-state index contributed by atoms with van der Waals surface area (Å²) in [6, 6.07) is -0.297. The minimum absolute atomic E-state index is 0.114.